The topological polar surface area (TPSA) is 74.6 Å². The SMILES string of the molecule is Cn1cc(CN2CCCN(S(=O)(=O)c3ccccc3)CCC(=O)NCC2)c2ccccc21. The zero-order valence-electron chi connectivity index (χ0n) is 18.4. The van der Waals surface area contributed by atoms with Gasteiger partial charge in [0.15, 0.2) is 0 Å². The third kappa shape index (κ3) is 5.03. The van der Waals surface area contributed by atoms with Gasteiger partial charge in [0.05, 0.1) is 4.90 Å². The molecule has 0 saturated carbocycles. The fraction of sp³-hybridized carbons (Fsp3) is 0.375. The van der Waals surface area contributed by atoms with Crippen molar-refractivity contribution < 1.29 is 13.2 Å². The van der Waals surface area contributed by atoms with E-state index in [1.165, 1.54) is 20.8 Å². The predicted octanol–water partition coefficient (Wildman–Crippen LogP) is 2.58. The van der Waals surface area contributed by atoms with Crippen molar-refractivity contribution in [3.63, 3.8) is 0 Å². The average Bonchev–Trinajstić information content (AvgIpc) is 3.09. The van der Waals surface area contributed by atoms with Crippen molar-refractivity contribution in [2.24, 2.45) is 7.05 Å². The van der Waals surface area contributed by atoms with Crippen molar-refractivity contribution in [2.45, 2.75) is 24.3 Å². The summed E-state index contributed by atoms with van der Waals surface area (Å²) in [6.07, 6.45) is 3.01. The number of fused-ring (bicyclic) bond motifs is 1. The van der Waals surface area contributed by atoms with Crippen molar-refractivity contribution in [3.05, 3.63) is 66.4 Å². The zero-order chi connectivity index (χ0) is 22.6. The number of amides is 1. The fourth-order valence-corrected chi connectivity index (χ4v) is 5.80. The van der Waals surface area contributed by atoms with Gasteiger partial charge in [0.25, 0.3) is 0 Å². The predicted molar refractivity (Wildman–Crippen MR) is 126 cm³/mol. The summed E-state index contributed by atoms with van der Waals surface area (Å²) in [5.74, 6) is -0.120. The molecule has 0 aliphatic carbocycles. The lowest BCUT2D eigenvalue weighted by atomic mass is 10.1. The van der Waals surface area contributed by atoms with E-state index in [2.05, 4.69) is 33.1 Å². The van der Waals surface area contributed by atoms with Crippen LogP contribution in [0.25, 0.3) is 10.9 Å². The Labute approximate surface area is 189 Å². The number of benzene rings is 2. The van der Waals surface area contributed by atoms with Crippen LogP contribution in [0, 0.1) is 0 Å². The van der Waals surface area contributed by atoms with E-state index < -0.39 is 10.0 Å². The standard InChI is InChI=1S/C24H30N4O3S/c1-26-18-20(22-10-5-6-11-23(22)26)19-27-14-7-15-28(16-12-24(29)25-13-17-27)32(30,31)21-8-3-2-4-9-21/h2-6,8-11,18H,7,12-17,19H2,1H3,(H,25,29). The first-order valence-electron chi connectivity index (χ1n) is 11.0. The van der Waals surface area contributed by atoms with E-state index in [1.54, 1.807) is 30.3 Å². The molecule has 4 rings (SSSR count). The minimum atomic E-state index is -3.64. The van der Waals surface area contributed by atoms with E-state index in [0.717, 1.165) is 19.6 Å². The maximum atomic E-state index is 13.1. The van der Waals surface area contributed by atoms with Gasteiger partial charge in [0.1, 0.15) is 0 Å². The van der Waals surface area contributed by atoms with Crippen LogP contribution in [0.2, 0.25) is 0 Å². The highest BCUT2D eigenvalue weighted by atomic mass is 32.2. The lowest BCUT2D eigenvalue weighted by Crippen LogP contribution is -2.36. The molecule has 0 bridgehead atoms. The second-order valence-electron chi connectivity index (χ2n) is 8.23. The quantitative estimate of drug-likeness (QED) is 0.658. The molecule has 1 aromatic heterocycles. The van der Waals surface area contributed by atoms with Crippen LogP contribution in [-0.4, -0.2) is 60.8 Å². The Morgan fingerprint density at radius 3 is 2.50 bits per heavy atom. The number of hydrogen-bond donors (Lipinski definition) is 1. The monoisotopic (exact) mass is 454 g/mol. The zero-order valence-corrected chi connectivity index (χ0v) is 19.2. The van der Waals surface area contributed by atoms with E-state index in [0.29, 0.717) is 19.5 Å². The second-order valence-corrected chi connectivity index (χ2v) is 10.2. The summed E-state index contributed by atoms with van der Waals surface area (Å²) < 4.78 is 29.9. The molecule has 0 atom stereocenters. The first-order chi connectivity index (χ1) is 15.4. The van der Waals surface area contributed by atoms with Crippen LogP contribution in [-0.2, 0) is 28.4 Å². The Balaban J connectivity index is 1.51. The second kappa shape index (κ2) is 9.85. The number of nitrogens with one attached hydrogen (secondary N) is 1. The minimum absolute atomic E-state index is 0.120. The molecule has 3 aromatic rings. The smallest absolute Gasteiger partial charge is 0.243 e. The van der Waals surface area contributed by atoms with Crippen molar-refractivity contribution >= 4 is 26.8 Å². The van der Waals surface area contributed by atoms with Crippen LogP contribution in [0.5, 0.6) is 0 Å². The minimum Gasteiger partial charge on any atom is -0.355 e. The van der Waals surface area contributed by atoms with E-state index >= 15 is 0 Å². The number of para-hydroxylation sites is 1. The number of aromatic nitrogens is 1. The van der Waals surface area contributed by atoms with Crippen LogP contribution in [0.4, 0.5) is 0 Å². The number of hydrogen-bond acceptors (Lipinski definition) is 4. The van der Waals surface area contributed by atoms with Crippen molar-refractivity contribution in [3.8, 4) is 0 Å². The summed E-state index contributed by atoms with van der Waals surface area (Å²) in [7, 11) is -1.59. The Morgan fingerprint density at radius 2 is 1.69 bits per heavy atom. The molecule has 0 spiro atoms. The molecule has 1 aliphatic rings. The number of carbonyl (C=O) groups is 1. The van der Waals surface area contributed by atoms with Crippen LogP contribution in [0.15, 0.2) is 65.7 Å². The average molecular weight is 455 g/mol. The van der Waals surface area contributed by atoms with Gasteiger partial charge in [-0.05, 0) is 36.7 Å². The highest BCUT2D eigenvalue weighted by Crippen LogP contribution is 2.22. The maximum Gasteiger partial charge on any atom is 0.243 e. The summed E-state index contributed by atoms with van der Waals surface area (Å²) in [6, 6.07) is 16.8. The van der Waals surface area contributed by atoms with Crippen molar-refractivity contribution in [2.75, 3.05) is 32.7 Å². The molecule has 1 N–H and O–H groups in total. The largest absolute Gasteiger partial charge is 0.355 e. The number of carbonyl (C=O) groups excluding carboxylic acids is 1. The molecular formula is C24H30N4O3S. The fourth-order valence-electron chi connectivity index (χ4n) is 4.29. The molecule has 170 valence electrons. The number of aryl methyl sites for hydroxylation is 1. The van der Waals surface area contributed by atoms with Gasteiger partial charge < -0.3 is 9.88 Å². The summed E-state index contributed by atoms with van der Waals surface area (Å²) in [5.41, 5.74) is 2.42. The molecule has 7 nitrogen and oxygen atoms in total. The van der Waals surface area contributed by atoms with Gasteiger partial charge >= 0.3 is 0 Å². The van der Waals surface area contributed by atoms with E-state index in [4.69, 9.17) is 0 Å². The molecule has 1 aliphatic heterocycles. The molecule has 32 heavy (non-hydrogen) atoms. The summed E-state index contributed by atoms with van der Waals surface area (Å²) >= 11 is 0. The highest BCUT2D eigenvalue weighted by molar-refractivity contribution is 7.89. The molecule has 2 aromatic carbocycles. The Morgan fingerprint density at radius 1 is 0.938 bits per heavy atom. The van der Waals surface area contributed by atoms with Gasteiger partial charge in [-0.2, -0.15) is 4.31 Å². The third-order valence-electron chi connectivity index (χ3n) is 5.97. The van der Waals surface area contributed by atoms with E-state index in [9.17, 15) is 13.2 Å². The summed E-state index contributed by atoms with van der Waals surface area (Å²) in [4.78, 5) is 14.9. The van der Waals surface area contributed by atoms with Gasteiger partial charge in [0, 0.05) is 63.3 Å². The molecule has 1 saturated heterocycles. The molecule has 0 radical (unpaired) electrons. The Hall–Kier alpha value is -2.68. The van der Waals surface area contributed by atoms with E-state index in [-0.39, 0.29) is 23.8 Å². The molecule has 1 fully saturated rings. The van der Waals surface area contributed by atoms with Crippen molar-refractivity contribution in [1.29, 1.82) is 0 Å². The van der Waals surface area contributed by atoms with Crippen LogP contribution < -0.4 is 5.32 Å². The van der Waals surface area contributed by atoms with Gasteiger partial charge in [0.2, 0.25) is 15.9 Å². The van der Waals surface area contributed by atoms with Gasteiger partial charge in [-0.3, -0.25) is 9.69 Å². The molecule has 8 heteroatoms. The van der Waals surface area contributed by atoms with E-state index in [1.807, 2.05) is 19.2 Å². The van der Waals surface area contributed by atoms with Gasteiger partial charge in [-0.25, -0.2) is 8.42 Å². The number of sulfonamides is 1. The molecular weight excluding hydrogens is 424 g/mol. The normalized spacial score (nSPS) is 17.7. The lowest BCUT2D eigenvalue weighted by molar-refractivity contribution is -0.121. The van der Waals surface area contributed by atoms with Crippen LogP contribution in [0.1, 0.15) is 18.4 Å². The first-order valence-corrected chi connectivity index (χ1v) is 12.5. The van der Waals surface area contributed by atoms with Gasteiger partial charge in [-0.1, -0.05) is 36.4 Å². The molecule has 2 heterocycles. The molecule has 1 amide bonds. The van der Waals surface area contributed by atoms with Crippen LogP contribution in [0.3, 0.4) is 0 Å². The third-order valence-corrected chi connectivity index (χ3v) is 7.89. The van der Waals surface area contributed by atoms with Crippen LogP contribution >= 0.6 is 0 Å². The molecule has 0 unspecified atom stereocenters. The first kappa shape index (κ1) is 22.5. The summed E-state index contributed by atoms with van der Waals surface area (Å²) in [5, 5.41) is 4.17. The number of rotatable bonds is 4. The highest BCUT2D eigenvalue weighted by Gasteiger charge is 2.25. The summed E-state index contributed by atoms with van der Waals surface area (Å²) in [6.45, 7) is 3.35. The Kier molecular flexibility index (Phi) is 6.93. The van der Waals surface area contributed by atoms with Gasteiger partial charge in [-0.15, -0.1) is 0 Å². The lowest BCUT2D eigenvalue weighted by Gasteiger charge is -2.24. The number of nitrogens with zero attached hydrogens (tertiary/aromatic N) is 3. The van der Waals surface area contributed by atoms with Crippen molar-refractivity contribution in [1.82, 2.24) is 19.1 Å². The Bertz CT molecular complexity index is 1170. The maximum absolute atomic E-state index is 13.1.